The third-order valence-corrected chi connectivity index (χ3v) is 3.90. The van der Waals surface area contributed by atoms with Crippen LogP contribution in [-0.2, 0) is 6.42 Å². The Hall–Kier alpha value is -2.48. The zero-order chi connectivity index (χ0) is 17.1. The van der Waals surface area contributed by atoms with Gasteiger partial charge in [0.05, 0.1) is 16.3 Å². The minimum absolute atomic E-state index is 0.0811. The molecule has 0 aliphatic carbocycles. The second-order valence-corrected chi connectivity index (χ2v) is 5.88. The van der Waals surface area contributed by atoms with Crippen molar-refractivity contribution in [2.24, 2.45) is 0 Å². The molecule has 1 aromatic carbocycles. The Balaban J connectivity index is 2.13. The van der Waals surface area contributed by atoms with Crippen LogP contribution < -0.4 is 5.43 Å². The minimum atomic E-state index is -0.771. The first-order valence-corrected chi connectivity index (χ1v) is 7.30. The number of aryl methyl sites for hydroxylation is 1. The summed E-state index contributed by atoms with van der Waals surface area (Å²) in [6.45, 7) is 1.51. The van der Waals surface area contributed by atoms with Gasteiger partial charge in [-0.05, 0) is 18.6 Å². The van der Waals surface area contributed by atoms with E-state index >= 15 is 0 Å². The highest BCUT2D eigenvalue weighted by atomic mass is 32.2. The Bertz CT molecular complexity index is 849. The third kappa shape index (κ3) is 3.84. The number of thioether (sulfide) groups is 1. The molecule has 4 N–H and O–H groups in total. The molecule has 0 saturated heterocycles. The molecule has 0 unspecified atom stereocenters. The number of hydrogen-bond donors (Lipinski definition) is 4. The first kappa shape index (κ1) is 16.9. The maximum Gasteiger partial charge on any atom is 0.233 e. The summed E-state index contributed by atoms with van der Waals surface area (Å²) in [6, 6.07) is 3.04. The van der Waals surface area contributed by atoms with Crippen molar-refractivity contribution in [3.8, 4) is 5.75 Å². The lowest BCUT2D eigenvalue weighted by molar-refractivity contribution is 0.462. The van der Waals surface area contributed by atoms with Gasteiger partial charge in [-0.3, -0.25) is 15.6 Å². The predicted octanol–water partition coefficient (Wildman–Crippen LogP) is 2.95. The average molecular weight is 337 g/mol. The smallest absolute Gasteiger partial charge is 0.233 e. The number of benzene rings is 1. The van der Waals surface area contributed by atoms with E-state index in [0.717, 1.165) is 12.1 Å². The summed E-state index contributed by atoms with van der Waals surface area (Å²) in [7, 11) is 0. The van der Waals surface area contributed by atoms with Crippen molar-refractivity contribution in [1.29, 1.82) is 10.8 Å². The summed E-state index contributed by atoms with van der Waals surface area (Å²) in [5.41, 5.74) is -0.390. The quantitative estimate of drug-likeness (QED) is 0.512. The van der Waals surface area contributed by atoms with E-state index in [1.54, 1.807) is 0 Å². The van der Waals surface area contributed by atoms with Crippen LogP contribution in [0, 0.1) is 29.4 Å². The van der Waals surface area contributed by atoms with Crippen molar-refractivity contribution < 1.29 is 13.9 Å². The van der Waals surface area contributed by atoms with E-state index in [0.29, 0.717) is 11.8 Å². The van der Waals surface area contributed by atoms with Gasteiger partial charge in [-0.1, -0.05) is 17.8 Å². The summed E-state index contributed by atoms with van der Waals surface area (Å²) < 4.78 is 26.4. The van der Waals surface area contributed by atoms with Gasteiger partial charge in [0.2, 0.25) is 5.43 Å². The van der Waals surface area contributed by atoms with Crippen molar-refractivity contribution in [3.05, 3.63) is 63.1 Å². The molecule has 0 amide bonds. The fourth-order valence-corrected chi connectivity index (χ4v) is 2.57. The second kappa shape index (κ2) is 6.74. The molecule has 0 atom stereocenters. The molecule has 0 radical (unpaired) electrons. The van der Waals surface area contributed by atoms with E-state index < -0.39 is 22.8 Å². The first-order valence-electron chi connectivity index (χ1n) is 6.49. The Kier molecular flexibility index (Phi) is 4.95. The third-order valence-electron chi connectivity index (χ3n) is 3.08. The highest BCUT2D eigenvalue weighted by Crippen LogP contribution is 2.18. The molecule has 0 saturated carbocycles. The van der Waals surface area contributed by atoms with E-state index in [2.05, 4.69) is 4.98 Å². The van der Waals surface area contributed by atoms with E-state index in [9.17, 15) is 18.7 Å². The maximum absolute atomic E-state index is 13.5. The molecule has 2 rings (SSSR count). The van der Waals surface area contributed by atoms with Crippen molar-refractivity contribution >= 4 is 21.8 Å². The number of aromatic hydroxyl groups is 1. The molecule has 5 nitrogen and oxygen atoms in total. The Morgan fingerprint density at radius 1 is 1.35 bits per heavy atom. The Morgan fingerprint density at radius 3 is 2.70 bits per heavy atom. The van der Waals surface area contributed by atoms with Crippen LogP contribution in [0.15, 0.2) is 29.2 Å². The molecule has 0 spiro atoms. The van der Waals surface area contributed by atoms with Gasteiger partial charge in [0.1, 0.15) is 16.7 Å². The average Bonchev–Trinajstić information content (AvgIpc) is 2.47. The van der Waals surface area contributed by atoms with Crippen LogP contribution in [0.25, 0.3) is 0 Å². The zero-order valence-corrected chi connectivity index (χ0v) is 12.9. The number of halogens is 2. The molecule has 23 heavy (non-hydrogen) atoms. The van der Waals surface area contributed by atoms with Crippen LogP contribution in [0.5, 0.6) is 5.75 Å². The molecule has 0 bridgehead atoms. The topological polar surface area (TPSA) is 101 Å². The summed E-state index contributed by atoms with van der Waals surface area (Å²) in [4.78, 5) is 14.5. The molecular formula is C15H13F2N3O2S. The summed E-state index contributed by atoms with van der Waals surface area (Å²) >= 11 is 0.664. The number of aromatic nitrogens is 1. The molecular weight excluding hydrogens is 324 g/mol. The highest BCUT2D eigenvalue weighted by Gasteiger charge is 2.15. The van der Waals surface area contributed by atoms with E-state index in [1.165, 1.54) is 19.2 Å². The number of nitrogens with one attached hydrogen (secondary N) is 3. The van der Waals surface area contributed by atoms with Crippen molar-refractivity contribution in [2.75, 3.05) is 0 Å². The maximum atomic E-state index is 13.5. The van der Waals surface area contributed by atoms with Gasteiger partial charge in [0, 0.05) is 18.7 Å². The van der Waals surface area contributed by atoms with Gasteiger partial charge in [-0.15, -0.1) is 0 Å². The van der Waals surface area contributed by atoms with Gasteiger partial charge in [0.25, 0.3) is 0 Å². The van der Waals surface area contributed by atoms with Crippen molar-refractivity contribution in [3.63, 3.8) is 0 Å². The normalized spacial score (nSPS) is 10.6. The lowest BCUT2D eigenvalue weighted by Crippen LogP contribution is -2.16. The van der Waals surface area contributed by atoms with Crippen LogP contribution in [0.1, 0.15) is 16.8 Å². The first-order chi connectivity index (χ1) is 10.8. The van der Waals surface area contributed by atoms with E-state index in [4.69, 9.17) is 10.8 Å². The van der Waals surface area contributed by atoms with Crippen LogP contribution in [0.2, 0.25) is 0 Å². The molecule has 120 valence electrons. The lowest BCUT2D eigenvalue weighted by Gasteiger charge is -2.07. The monoisotopic (exact) mass is 337 g/mol. The Morgan fingerprint density at radius 2 is 2.04 bits per heavy atom. The van der Waals surface area contributed by atoms with Gasteiger partial charge in [-0.2, -0.15) is 0 Å². The number of pyridine rings is 1. The zero-order valence-electron chi connectivity index (χ0n) is 12.0. The van der Waals surface area contributed by atoms with Gasteiger partial charge >= 0.3 is 0 Å². The van der Waals surface area contributed by atoms with E-state index in [-0.39, 0.29) is 33.3 Å². The largest absolute Gasteiger partial charge is 0.503 e. The second-order valence-electron chi connectivity index (χ2n) is 4.77. The lowest BCUT2D eigenvalue weighted by atomic mass is 10.1. The number of rotatable bonds is 3. The summed E-state index contributed by atoms with van der Waals surface area (Å²) in [6.07, 6.45) is 1.15. The van der Waals surface area contributed by atoms with Crippen molar-refractivity contribution in [1.82, 2.24) is 4.98 Å². The van der Waals surface area contributed by atoms with Gasteiger partial charge in [0.15, 0.2) is 5.75 Å². The Labute approximate surface area is 134 Å². The van der Waals surface area contributed by atoms with Crippen LogP contribution >= 0.6 is 11.8 Å². The molecule has 0 fully saturated rings. The molecule has 0 aliphatic rings. The molecule has 2 aromatic rings. The highest BCUT2D eigenvalue weighted by molar-refractivity contribution is 8.26. The summed E-state index contributed by atoms with van der Waals surface area (Å²) in [5, 5.41) is 24.9. The molecule has 0 aliphatic heterocycles. The molecule has 8 heteroatoms. The van der Waals surface area contributed by atoms with Gasteiger partial charge in [-0.25, -0.2) is 8.78 Å². The number of hydrogen-bond acceptors (Lipinski definition) is 5. The minimum Gasteiger partial charge on any atom is -0.503 e. The van der Waals surface area contributed by atoms with Crippen LogP contribution in [-0.4, -0.2) is 20.2 Å². The SMILES string of the molecule is Cc1[nH]cc(C(=N)SC(=N)Cc2ccc(F)cc2F)c(=O)c1O. The fourth-order valence-electron chi connectivity index (χ4n) is 1.83. The number of aromatic amines is 1. The van der Waals surface area contributed by atoms with E-state index in [1.807, 2.05) is 0 Å². The van der Waals surface area contributed by atoms with Gasteiger partial charge < -0.3 is 10.1 Å². The summed E-state index contributed by atoms with van der Waals surface area (Å²) in [5.74, 6) is -1.96. The van der Waals surface area contributed by atoms with Crippen LogP contribution in [0.3, 0.4) is 0 Å². The van der Waals surface area contributed by atoms with Crippen molar-refractivity contribution in [2.45, 2.75) is 13.3 Å². The molecule has 1 aromatic heterocycles. The standard InChI is InChI=1S/C15H13F2N3O2S/c1-7-13(21)14(22)10(6-20-7)15(19)23-12(18)4-8-2-3-9(16)5-11(8)17/h2-3,5-6,18-19,21H,4H2,1H3,(H,20,22). The predicted molar refractivity (Wildman–Crippen MR) is 85.7 cm³/mol. The van der Waals surface area contributed by atoms with Crippen LogP contribution in [0.4, 0.5) is 8.78 Å². The molecule has 1 heterocycles. The number of H-pyrrole nitrogens is 1. The fraction of sp³-hybridized carbons (Fsp3) is 0.133.